The highest BCUT2D eigenvalue weighted by molar-refractivity contribution is 7.80. The third-order valence-corrected chi connectivity index (χ3v) is 3.02. The summed E-state index contributed by atoms with van der Waals surface area (Å²) in [7, 11) is 1.67. The number of aromatic nitrogens is 1. The molecule has 0 radical (unpaired) electrons. The van der Waals surface area contributed by atoms with Crippen LogP contribution >= 0.6 is 12.2 Å². The van der Waals surface area contributed by atoms with Gasteiger partial charge in [-0.05, 0) is 36.8 Å². The molecule has 1 heterocycles. The Kier molecular flexibility index (Phi) is 4.65. The van der Waals surface area contributed by atoms with Crippen LogP contribution in [0.2, 0.25) is 0 Å². The van der Waals surface area contributed by atoms with E-state index in [0.717, 1.165) is 22.5 Å². The van der Waals surface area contributed by atoms with Crippen molar-refractivity contribution in [3.05, 3.63) is 53.2 Å². The van der Waals surface area contributed by atoms with Crippen LogP contribution in [0.25, 0.3) is 0 Å². The van der Waals surface area contributed by atoms with Gasteiger partial charge < -0.3 is 15.8 Å². The molecule has 0 amide bonds. The molecule has 0 fully saturated rings. The average molecular weight is 287 g/mol. The van der Waals surface area contributed by atoms with E-state index in [1.807, 2.05) is 43.3 Å². The molecule has 5 heteroatoms. The third kappa shape index (κ3) is 3.53. The lowest BCUT2D eigenvalue weighted by molar-refractivity contribution is 0.185. The van der Waals surface area contributed by atoms with Crippen molar-refractivity contribution in [2.24, 2.45) is 5.73 Å². The van der Waals surface area contributed by atoms with Crippen LogP contribution < -0.4 is 11.1 Å². The van der Waals surface area contributed by atoms with Crippen LogP contribution in [0.5, 0.6) is 0 Å². The summed E-state index contributed by atoms with van der Waals surface area (Å²) in [6, 6.07) is 11.7. The van der Waals surface area contributed by atoms with Gasteiger partial charge in [0.1, 0.15) is 10.8 Å². The number of nitrogens with two attached hydrogens (primary N) is 1. The first kappa shape index (κ1) is 14.4. The fourth-order valence-electron chi connectivity index (χ4n) is 1.89. The van der Waals surface area contributed by atoms with Crippen molar-refractivity contribution >= 4 is 28.7 Å². The number of anilines is 2. The zero-order chi connectivity index (χ0) is 14.5. The zero-order valence-electron chi connectivity index (χ0n) is 11.5. The van der Waals surface area contributed by atoms with Gasteiger partial charge >= 0.3 is 0 Å². The normalized spacial score (nSPS) is 10.3. The van der Waals surface area contributed by atoms with Gasteiger partial charge in [0.15, 0.2) is 0 Å². The lowest BCUT2D eigenvalue weighted by Gasteiger charge is -2.12. The second-order valence-corrected chi connectivity index (χ2v) is 4.91. The van der Waals surface area contributed by atoms with Crippen molar-refractivity contribution in [1.82, 2.24) is 4.98 Å². The summed E-state index contributed by atoms with van der Waals surface area (Å²) in [4.78, 5) is 4.78. The summed E-state index contributed by atoms with van der Waals surface area (Å²) >= 11 is 5.05. The first-order valence-electron chi connectivity index (χ1n) is 6.22. The molecule has 3 N–H and O–H groups in total. The average Bonchev–Trinajstić information content (AvgIpc) is 2.39. The molecule has 104 valence electrons. The van der Waals surface area contributed by atoms with Crippen LogP contribution in [0, 0.1) is 6.92 Å². The van der Waals surface area contributed by atoms with Crippen LogP contribution in [-0.2, 0) is 11.3 Å². The molecule has 0 aliphatic carbocycles. The van der Waals surface area contributed by atoms with Gasteiger partial charge in [-0.25, -0.2) is 4.98 Å². The maximum atomic E-state index is 5.73. The Morgan fingerprint density at radius 2 is 2.15 bits per heavy atom. The number of hydrogen-bond donors (Lipinski definition) is 2. The smallest absolute Gasteiger partial charge is 0.140 e. The molecule has 4 nitrogen and oxygen atoms in total. The molecule has 0 spiro atoms. The number of methoxy groups -OCH3 is 1. The Labute approximate surface area is 124 Å². The van der Waals surface area contributed by atoms with Gasteiger partial charge in [0, 0.05) is 18.5 Å². The molecule has 0 bridgehead atoms. The fourth-order valence-corrected chi connectivity index (χ4v) is 2.06. The standard InChI is InChI=1S/C15H17N3OS/c1-10-6-7-13(14(16)20)15(17-10)18-12-5-3-4-11(8-12)9-19-2/h3-8H,9H2,1-2H3,(H2,16,20)(H,17,18). The number of aryl methyl sites for hydroxylation is 1. The SMILES string of the molecule is COCc1cccc(Nc2nc(C)ccc2C(N)=S)c1. The molecular formula is C15H17N3OS. The third-order valence-electron chi connectivity index (χ3n) is 2.80. The topological polar surface area (TPSA) is 60.2 Å². The first-order valence-corrected chi connectivity index (χ1v) is 6.63. The largest absolute Gasteiger partial charge is 0.389 e. The van der Waals surface area contributed by atoms with Gasteiger partial charge in [-0.3, -0.25) is 0 Å². The number of hydrogen-bond acceptors (Lipinski definition) is 4. The number of nitrogens with zero attached hydrogens (tertiary/aromatic N) is 1. The Morgan fingerprint density at radius 1 is 1.35 bits per heavy atom. The first-order chi connectivity index (χ1) is 9.60. The van der Waals surface area contributed by atoms with Crippen LogP contribution in [-0.4, -0.2) is 17.1 Å². The molecule has 2 aromatic rings. The minimum absolute atomic E-state index is 0.327. The van der Waals surface area contributed by atoms with Crippen LogP contribution in [0.15, 0.2) is 36.4 Å². The molecule has 0 aliphatic rings. The summed E-state index contributed by atoms with van der Waals surface area (Å²) < 4.78 is 5.13. The van der Waals surface area contributed by atoms with Crippen LogP contribution in [0.4, 0.5) is 11.5 Å². The summed E-state index contributed by atoms with van der Waals surface area (Å²) in [6.07, 6.45) is 0. The minimum Gasteiger partial charge on any atom is -0.389 e. The van der Waals surface area contributed by atoms with Crippen molar-refractivity contribution in [3.63, 3.8) is 0 Å². The molecule has 20 heavy (non-hydrogen) atoms. The predicted molar refractivity (Wildman–Crippen MR) is 85.3 cm³/mol. The van der Waals surface area contributed by atoms with E-state index in [0.29, 0.717) is 17.4 Å². The Hall–Kier alpha value is -1.98. The Bertz CT molecular complexity index is 628. The monoisotopic (exact) mass is 287 g/mol. The van der Waals surface area contributed by atoms with E-state index in [-0.39, 0.29) is 0 Å². The second kappa shape index (κ2) is 6.45. The zero-order valence-corrected chi connectivity index (χ0v) is 12.3. The van der Waals surface area contributed by atoms with E-state index in [1.54, 1.807) is 7.11 Å². The maximum Gasteiger partial charge on any atom is 0.140 e. The number of thiocarbonyl (C=S) groups is 1. The summed E-state index contributed by atoms with van der Waals surface area (Å²) in [5.74, 6) is 0.673. The van der Waals surface area contributed by atoms with Gasteiger partial charge in [-0.2, -0.15) is 0 Å². The molecule has 1 aromatic carbocycles. The van der Waals surface area contributed by atoms with E-state index in [9.17, 15) is 0 Å². The van der Waals surface area contributed by atoms with Crippen molar-refractivity contribution in [1.29, 1.82) is 0 Å². The molecule has 0 aliphatic heterocycles. The van der Waals surface area contributed by atoms with Crippen molar-refractivity contribution in [3.8, 4) is 0 Å². The van der Waals surface area contributed by atoms with Crippen molar-refractivity contribution in [2.75, 3.05) is 12.4 Å². The number of ether oxygens (including phenoxy) is 1. The van der Waals surface area contributed by atoms with E-state index in [4.69, 9.17) is 22.7 Å². The minimum atomic E-state index is 0.327. The highest BCUT2D eigenvalue weighted by atomic mass is 32.1. The number of benzene rings is 1. The van der Waals surface area contributed by atoms with Gasteiger partial charge in [0.2, 0.25) is 0 Å². The van der Waals surface area contributed by atoms with Crippen LogP contribution in [0.1, 0.15) is 16.8 Å². The quantitative estimate of drug-likeness (QED) is 0.828. The lowest BCUT2D eigenvalue weighted by atomic mass is 10.2. The molecular weight excluding hydrogens is 270 g/mol. The van der Waals surface area contributed by atoms with Gasteiger partial charge in [-0.1, -0.05) is 24.4 Å². The van der Waals surface area contributed by atoms with Gasteiger partial charge in [0.05, 0.1) is 12.2 Å². The highest BCUT2D eigenvalue weighted by Gasteiger charge is 2.07. The fraction of sp³-hybridized carbons (Fsp3) is 0.200. The van der Waals surface area contributed by atoms with E-state index >= 15 is 0 Å². The molecule has 0 unspecified atom stereocenters. The van der Waals surface area contributed by atoms with Crippen molar-refractivity contribution in [2.45, 2.75) is 13.5 Å². The van der Waals surface area contributed by atoms with E-state index < -0.39 is 0 Å². The molecule has 1 aromatic heterocycles. The van der Waals surface area contributed by atoms with E-state index in [1.165, 1.54) is 0 Å². The lowest BCUT2D eigenvalue weighted by Crippen LogP contribution is -2.13. The predicted octanol–water partition coefficient (Wildman–Crippen LogP) is 2.91. The Balaban J connectivity index is 2.31. The molecule has 2 rings (SSSR count). The number of nitrogens with one attached hydrogen (secondary N) is 1. The second-order valence-electron chi connectivity index (χ2n) is 4.47. The number of rotatable bonds is 5. The van der Waals surface area contributed by atoms with Gasteiger partial charge in [-0.15, -0.1) is 0 Å². The molecule has 0 atom stereocenters. The van der Waals surface area contributed by atoms with E-state index in [2.05, 4.69) is 10.3 Å². The number of pyridine rings is 1. The molecule has 0 saturated heterocycles. The molecule has 0 saturated carbocycles. The Morgan fingerprint density at radius 3 is 2.85 bits per heavy atom. The maximum absolute atomic E-state index is 5.73. The van der Waals surface area contributed by atoms with Crippen molar-refractivity contribution < 1.29 is 4.74 Å². The van der Waals surface area contributed by atoms with Gasteiger partial charge in [0.25, 0.3) is 0 Å². The summed E-state index contributed by atoms with van der Waals surface area (Å²) in [5.41, 5.74) is 9.38. The summed E-state index contributed by atoms with van der Waals surface area (Å²) in [5, 5.41) is 3.26. The van der Waals surface area contributed by atoms with Crippen LogP contribution in [0.3, 0.4) is 0 Å². The summed E-state index contributed by atoms with van der Waals surface area (Å²) in [6.45, 7) is 2.49. The highest BCUT2D eigenvalue weighted by Crippen LogP contribution is 2.20.